The summed E-state index contributed by atoms with van der Waals surface area (Å²) in [7, 11) is 0. The molecular weight excluding hydrogens is 347 g/mol. The average molecular weight is 356 g/mol. The Kier molecular flexibility index (Phi) is 4.00. The topological polar surface area (TPSA) is 29.5 Å². The van der Waals surface area contributed by atoms with E-state index in [0.29, 0.717) is 4.47 Å². The molecule has 0 radical (unpaired) electrons. The van der Waals surface area contributed by atoms with Gasteiger partial charge in [0, 0.05) is 22.7 Å². The van der Waals surface area contributed by atoms with Crippen LogP contribution in [0.2, 0.25) is 0 Å². The second kappa shape index (κ2) is 5.24. The van der Waals surface area contributed by atoms with Gasteiger partial charge in [-0.2, -0.15) is 12.6 Å². The SMILES string of the molecule is O=C1CC(S)CN1c1cc(Br)ccc1OC(F)(F)F. The van der Waals surface area contributed by atoms with Crippen molar-refractivity contribution in [1.29, 1.82) is 0 Å². The Labute approximate surface area is 121 Å². The molecule has 1 aromatic rings. The van der Waals surface area contributed by atoms with Crippen molar-refractivity contribution in [3.8, 4) is 5.75 Å². The second-order valence-corrected chi connectivity index (χ2v) is 5.67. The fourth-order valence-electron chi connectivity index (χ4n) is 1.83. The molecule has 19 heavy (non-hydrogen) atoms. The van der Waals surface area contributed by atoms with Gasteiger partial charge >= 0.3 is 6.36 Å². The van der Waals surface area contributed by atoms with Gasteiger partial charge in [-0.15, -0.1) is 13.2 Å². The van der Waals surface area contributed by atoms with Gasteiger partial charge in [0.2, 0.25) is 5.91 Å². The van der Waals surface area contributed by atoms with E-state index in [0.717, 1.165) is 0 Å². The quantitative estimate of drug-likeness (QED) is 0.824. The Balaban J connectivity index is 2.38. The summed E-state index contributed by atoms with van der Waals surface area (Å²) in [6.07, 6.45) is -4.60. The van der Waals surface area contributed by atoms with Crippen molar-refractivity contribution < 1.29 is 22.7 Å². The van der Waals surface area contributed by atoms with Gasteiger partial charge in [0.25, 0.3) is 0 Å². The zero-order valence-electron chi connectivity index (χ0n) is 9.45. The first-order valence-electron chi connectivity index (χ1n) is 5.30. The van der Waals surface area contributed by atoms with Gasteiger partial charge in [-0.05, 0) is 18.2 Å². The van der Waals surface area contributed by atoms with E-state index in [2.05, 4.69) is 33.3 Å². The van der Waals surface area contributed by atoms with E-state index < -0.39 is 12.1 Å². The molecule has 0 saturated carbocycles. The Morgan fingerprint density at radius 1 is 1.42 bits per heavy atom. The van der Waals surface area contributed by atoms with Crippen LogP contribution in [-0.4, -0.2) is 24.1 Å². The largest absolute Gasteiger partial charge is 0.573 e. The van der Waals surface area contributed by atoms with Crippen LogP contribution in [0.25, 0.3) is 0 Å². The summed E-state index contributed by atoms with van der Waals surface area (Å²) in [5.41, 5.74) is 0.0910. The Bertz CT molecular complexity index is 509. The van der Waals surface area contributed by atoms with Crippen molar-refractivity contribution in [3.63, 3.8) is 0 Å². The summed E-state index contributed by atoms with van der Waals surface area (Å²) in [6, 6.07) is 4.01. The lowest BCUT2D eigenvalue weighted by atomic mass is 10.2. The van der Waals surface area contributed by atoms with Crippen LogP contribution in [0.5, 0.6) is 5.75 Å². The number of benzene rings is 1. The predicted octanol–water partition coefficient (Wildman–Crippen LogP) is 3.38. The maximum absolute atomic E-state index is 12.3. The first-order chi connectivity index (χ1) is 8.76. The molecule has 3 nitrogen and oxygen atoms in total. The molecule has 0 N–H and O–H groups in total. The first-order valence-corrected chi connectivity index (χ1v) is 6.61. The molecule has 1 atom stereocenters. The number of hydrogen-bond donors (Lipinski definition) is 1. The van der Waals surface area contributed by atoms with Gasteiger partial charge in [-0.1, -0.05) is 15.9 Å². The highest BCUT2D eigenvalue weighted by atomic mass is 79.9. The minimum absolute atomic E-state index is 0.0910. The third kappa shape index (κ3) is 3.56. The van der Waals surface area contributed by atoms with Gasteiger partial charge < -0.3 is 9.64 Å². The fourth-order valence-corrected chi connectivity index (χ4v) is 2.50. The molecule has 1 amide bonds. The Morgan fingerprint density at radius 2 is 2.11 bits per heavy atom. The standard InChI is InChI=1S/C11H9BrF3NO2S/c12-6-1-2-9(18-11(13,14)15)8(3-6)16-5-7(19)4-10(16)17/h1-3,7,19H,4-5H2. The number of hydrogen-bond acceptors (Lipinski definition) is 3. The van der Waals surface area contributed by atoms with Crippen LogP contribution in [0.4, 0.5) is 18.9 Å². The van der Waals surface area contributed by atoms with Crippen molar-refractivity contribution >= 4 is 40.2 Å². The van der Waals surface area contributed by atoms with Crippen molar-refractivity contribution in [2.45, 2.75) is 18.0 Å². The van der Waals surface area contributed by atoms with Crippen molar-refractivity contribution in [3.05, 3.63) is 22.7 Å². The number of ether oxygens (including phenoxy) is 1. The van der Waals surface area contributed by atoms with Gasteiger partial charge in [0.15, 0.2) is 5.75 Å². The highest BCUT2D eigenvalue weighted by molar-refractivity contribution is 9.10. The number of alkyl halides is 3. The van der Waals surface area contributed by atoms with E-state index >= 15 is 0 Å². The highest BCUT2D eigenvalue weighted by Crippen LogP contribution is 2.37. The van der Waals surface area contributed by atoms with Crippen LogP contribution < -0.4 is 9.64 Å². The molecular formula is C11H9BrF3NO2S. The number of amides is 1. The van der Waals surface area contributed by atoms with Crippen LogP contribution in [0, 0.1) is 0 Å². The number of halogens is 4. The molecule has 1 heterocycles. The van der Waals surface area contributed by atoms with E-state index in [9.17, 15) is 18.0 Å². The molecule has 1 aromatic carbocycles. The molecule has 8 heteroatoms. The van der Waals surface area contributed by atoms with Crippen molar-refractivity contribution in [2.75, 3.05) is 11.4 Å². The van der Waals surface area contributed by atoms with E-state index in [4.69, 9.17) is 0 Å². The van der Waals surface area contributed by atoms with Crippen LogP contribution in [-0.2, 0) is 4.79 Å². The Hall–Kier alpha value is -0.890. The molecule has 0 aromatic heterocycles. The summed E-state index contributed by atoms with van der Waals surface area (Å²) >= 11 is 7.33. The molecule has 1 fully saturated rings. The number of thiol groups is 1. The minimum atomic E-state index is -4.80. The molecule has 1 unspecified atom stereocenters. The minimum Gasteiger partial charge on any atom is -0.404 e. The number of rotatable bonds is 2. The monoisotopic (exact) mass is 355 g/mol. The summed E-state index contributed by atoms with van der Waals surface area (Å²) in [5.74, 6) is -0.670. The summed E-state index contributed by atoms with van der Waals surface area (Å²) < 4.78 is 41.5. The van der Waals surface area contributed by atoms with Crippen molar-refractivity contribution in [1.82, 2.24) is 0 Å². The molecule has 1 aliphatic heterocycles. The van der Waals surface area contributed by atoms with Gasteiger partial charge in [-0.3, -0.25) is 4.79 Å². The number of nitrogens with zero attached hydrogens (tertiary/aromatic N) is 1. The number of carbonyl (C=O) groups excluding carboxylic acids is 1. The molecule has 2 rings (SSSR count). The zero-order valence-corrected chi connectivity index (χ0v) is 11.9. The summed E-state index contributed by atoms with van der Waals surface area (Å²) in [5, 5.41) is -0.190. The third-order valence-electron chi connectivity index (χ3n) is 2.54. The van der Waals surface area contributed by atoms with Crippen LogP contribution in [0.15, 0.2) is 22.7 Å². The van der Waals surface area contributed by atoms with Crippen LogP contribution in [0.3, 0.4) is 0 Å². The summed E-state index contributed by atoms with van der Waals surface area (Å²) in [4.78, 5) is 13.0. The van der Waals surface area contributed by atoms with Gasteiger partial charge in [0.1, 0.15) is 0 Å². The van der Waals surface area contributed by atoms with E-state index in [1.165, 1.54) is 23.1 Å². The van der Waals surface area contributed by atoms with Crippen LogP contribution in [0.1, 0.15) is 6.42 Å². The lowest BCUT2D eigenvalue weighted by molar-refractivity contribution is -0.274. The van der Waals surface area contributed by atoms with Crippen LogP contribution >= 0.6 is 28.6 Å². The normalized spacial score (nSPS) is 19.9. The smallest absolute Gasteiger partial charge is 0.404 e. The third-order valence-corrected chi connectivity index (χ3v) is 3.38. The lowest BCUT2D eigenvalue weighted by Gasteiger charge is -2.21. The molecule has 0 spiro atoms. The molecule has 0 aliphatic carbocycles. The zero-order chi connectivity index (χ0) is 14.2. The molecule has 104 valence electrons. The average Bonchev–Trinajstić information content (AvgIpc) is 2.58. The maximum Gasteiger partial charge on any atom is 0.573 e. The molecule has 1 saturated heterocycles. The van der Waals surface area contributed by atoms with E-state index in [1.807, 2.05) is 0 Å². The first kappa shape index (κ1) is 14.5. The predicted molar refractivity (Wildman–Crippen MR) is 70.6 cm³/mol. The van der Waals surface area contributed by atoms with Crippen molar-refractivity contribution in [2.24, 2.45) is 0 Å². The van der Waals surface area contributed by atoms with Gasteiger partial charge in [0.05, 0.1) is 5.69 Å². The highest BCUT2D eigenvalue weighted by Gasteiger charge is 2.35. The maximum atomic E-state index is 12.3. The number of carbonyl (C=O) groups is 1. The summed E-state index contributed by atoms with van der Waals surface area (Å²) in [6.45, 7) is 0.257. The lowest BCUT2D eigenvalue weighted by Crippen LogP contribution is -2.27. The van der Waals surface area contributed by atoms with Gasteiger partial charge in [-0.25, -0.2) is 0 Å². The Morgan fingerprint density at radius 3 is 2.63 bits per heavy atom. The molecule has 1 aliphatic rings. The van der Waals surface area contributed by atoms with E-state index in [-0.39, 0.29) is 29.8 Å². The second-order valence-electron chi connectivity index (χ2n) is 4.02. The molecule has 0 bridgehead atoms. The van der Waals surface area contributed by atoms with E-state index in [1.54, 1.807) is 0 Å². The fraction of sp³-hybridized carbons (Fsp3) is 0.364. The number of anilines is 1.